The van der Waals surface area contributed by atoms with Crippen molar-refractivity contribution in [1.29, 1.82) is 0 Å². The summed E-state index contributed by atoms with van der Waals surface area (Å²) in [4.78, 5) is 11.9. The fourth-order valence-electron chi connectivity index (χ4n) is 3.24. The molecule has 2 aromatic carbocycles. The number of carbonyl (C=O) groups excluding carboxylic acids is 1. The van der Waals surface area contributed by atoms with Gasteiger partial charge in [-0.25, -0.2) is 0 Å². The molecule has 0 radical (unpaired) electrons. The molecule has 0 aliphatic heterocycles. The van der Waals surface area contributed by atoms with Gasteiger partial charge in [0.15, 0.2) is 0 Å². The molecular weight excluding hydrogens is 390 g/mol. The monoisotopic (exact) mass is 415 g/mol. The highest BCUT2D eigenvalue weighted by Gasteiger charge is 2.27. The quantitative estimate of drug-likeness (QED) is 0.590. The van der Waals surface area contributed by atoms with Crippen molar-refractivity contribution in [3.63, 3.8) is 0 Å². The molecule has 2 aromatic rings. The van der Waals surface area contributed by atoms with E-state index >= 15 is 0 Å². The van der Waals surface area contributed by atoms with E-state index in [1.165, 1.54) is 29.5 Å². The molecule has 0 aromatic heterocycles. The largest absolute Gasteiger partial charge is 0.488 e. The van der Waals surface area contributed by atoms with Gasteiger partial charge < -0.3 is 10.1 Å². The van der Waals surface area contributed by atoms with Gasteiger partial charge >= 0.3 is 0 Å². The Bertz CT molecular complexity index is 812. The van der Waals surface area contributed by atoms with Crippen LogP contribution in [0.1, 0.15) is 61.3 Å². The zero-order chi connectivity index (χ0) is 18.7. The molecule has 3 nitrogen and oxygen atoms in total. The van der Waals surface area contributed by atoms with Crippen molar-refractivity contribution in [2.45, 2.75) is 59.0 Å². The van der Waals surface area contributed by atoms with E-state index in [2.05, 4.69) is 53.3 Å². The third-order valence-electron chi connectivity index (χ3n) is 4.97. The van der Waals surface area contributed by atoms with Crippen molar-refractivity contribution in [2.24, 2.45) is 0 Å². The second kappa shape index (κ2) is 8.26. The summed E-state index contributed by atoms with van der Waals surface area (Å²) in [5, 5.41) is 3.03. The third kappa shape index (κ3) is 4.29. The first-order chi connectivity index (χ1) is 12.5. The predicted molar refractivity (Wildman–Crippen MR) is 110 cm³/mol. The number of nitrogens with one attached hydrogen (secondary N) is 1. The Hall–Kier alpha value is -1.81. The maximum atomic E-state index is 11.9. The standard InChI is InChI=1S/C22H26BrNO2/c1-4-15-12-19(23)21(11-14(15)3)26-13-18-17(16-9-10-16)7-6-8-20(18)24-22(25)5-2/h6-8,11-12,16H,4-5,9-10,13H2,1-3H3,(H,24,25). The van der Waals surface area contributed by atoms with Gasteiger partial charge in [0, 0.05) is 17.7 Å². The van der Waals surface area contributed by atoms with Gasteiger partial charge in [-0.3, -0.25) is 4.79 Å². The summed E-state index contributed by atoms with van der Waals surface area (Å²) in [5.41, 5.74) is 5.83. The van der Waals surface area contributed by atoms with Gasteiger partial charge in [-0.05, 0) is 82.9 Å². The van der Waals surface area contributed by atoms with E-state index in [4.69, 9.17) is 4.74 Å². The summed E-state index contributed by atoms with van der Waals surface area (Å²) in [5.74, 6) is 1.47. The maximum absolute atomic E-state index is 11.9. The number of ether oxygens (including phenoxy) is 1. The van der Waals surface area contributed by atoms with Gasteiger partial charge in [-0.1, -0.05) is 26.0 Å². The zero-order valence-electron chi connectivity index (χ0n) is 15.7. The van der Waals surface area contributed by atoms with Crippen LogP contribution in [0.2, 0.25) is 0 Å². The van der Waals surface area contributed by atoms with Crippen LogP contribution in [0.4, 0.5) is 5.69 Å². The van der Waals surface area contributed by atoms with E-state index in [1.54, 1.807) is 0 Å². The van der Waals surface area contributed by atoms with Crippen LogP contribution in [0.15, 0.2) is 34.8 Å². The molecule has 4 heteroatoms. The van der Waals surface area contributed by atoms with E-state index in [-0.39, 0.29) is 5.91 Å². The molecule has 1 saturated carbocycles. The topological polar surface area (TPSA) is 38.3 Å². The molecule has 0 spiro atoms. The molecule has 138 valence electrons. The van der Waals surface area contributed by atoms with Gasteiger partial charge in [-0.2, -0.15) is 0 Å². The van der Waals surface area contributed by atoms with Crippen LogP contribution in [-0.2, 0) is 17.8 Å². The average molecular weight is 416 g/mol. The molecule has 0 atom stereocenters. The first kappa shape index (κ1) is 19.0. The SMILES string of the molecule is CCC(=O)Nc1cccc(C2CC2)c1COc1cc(C)c(CC)cc1Br. The van der Waals surface area contributed by atoms with Crippen LogP contribution >= 0.6 is 15.9 Å². The minimum Gasteiger partial charge on any atom is -0.488 e. The lowest BCUT2D eigenvalue weighted by molar-refractivity contribution is -0.115. The summed E-state index contributed by atoms with van der Waals surface area (Å²) in [7, 11) is 0. The van der Waals surface area contributed by atoms with Gasteiger partial charge in [-0.15, -0.1) is 0 Å². The average Bonchev–Trinajstić information content (AvgIpc) is 3.47. The molecule has 26 heavy (non-hydrogen) atoms. The highest BCUT2D eigenvalue weighted by atomic mass is 79.9. The number of hydrogen-bond acceptors (Lipinski definition) is 2. The number of hydrogen-bond donors (Lipinski definition) is 1. The normalized spacial score (nSPS) is 13.5. The van der Waals surface area contributed by atoms with Crippen molar-refractivity contribution in [3.8, 4) is 5.75 Å². The van der Waals surface area contributed by atoms with E-state index in [9.17, 15) is 4.79 Å². The first-order valence-electron chi connectivity index (χ1n) is 9.36. The summed E-state index contributed by atoms with van der Waals surface area (Å²) < 4.78 is 7.15. The zero-order valence-corrected chi connectivity index (χ0v) is 17.3. The lowest BCUT2D eigenvalue weighted by Gasteiger charge is -2.17. The molecule has 0 bridgehead atoms. The van der Waals surface area contributed by atoms with Crippen LogP contribution in [-0.4, -0.2) is 5.91 Å². The van der Waals surface area contributed by atoms with Crippen molar-refractivity contribution in [1.82, 2.24) is 0 Å². The number of rotatable bonds is 7. The maximum Gasteiger partial charge on any atom is 0.224 e. The smallest absolute Gasteiger partial charge is 0.224 e. The van der Waals surface area contributed by atoms with Crippen molar-refractivity contribution >= 4 is 27.5 Å². The summed E-state index contributed by atoms with van der Waals surface area (Å²) in [6.45, 7) is 6.59. The van der Waals surface area contributed by atoms with Gasteiger partial charge in [0.05, 0.1) is 4.47 Å². The molecule has 1 N–H and O–H groups in total. The number of anilines is 1. The van der Waals surface area contributed by atoms with Gasteiger partial charge in [0.25, 0.3) is 0 Å². The Balaban J connectivity index is 1.87. The summed E-state index contributed by atoms with van der Waals surface area (Å²) >= 11 is 3.63. The van der Waals surface area contributed by atoms with Crippen molar-refractivity contribution < 1.29 is 9.53 Å². The predicted octanol–water partition coefficient (Wildman–Crippen LogP) is 6.12. The van der Waals surface area contributed by atoms with Crippen LogP contribution in [0, 0.1) is 6.92 Å². The fraction of sp³-hybridized carbons (Fsp3) is 0.409. The molecule has 1 amide bonds. The Kier molecular flexibility index (Phi) is 6.02. The van der Waals surface area contributed by atoms with E-state index in [0.29, 0.717) is 18.9 Å². The number of amides is 1. The third-order valence-corrected chi connectivity index (χ3v) is 5.59. The van der Waals surface area contributed by atoms with Crippen molar-refractivity contribution in [3.05, 3.63) is 57.1 Å². The van der Waals surface area contributed by atoms with Crippen LogP contribution in [0.5, 0.6) is 5.75 Å². The second-order valence-corrected chi connectivity index (χ2v) is 7.76. The minimum atomic E-state index is 0.0310. The Morgan fingerprint density at radius 2 is 2.04 bits per heavy atom. The van der Waals surface area contributed by atoms with Gasteiger partial charge in [0.2, 0.25) is 5.91 Å². The lowest BCUT2D eigenvalue weighted by Crippen LogP contribution is -2.13. The first-order valence-corrected chi connectivity index (χ1v) is 10.2. The van der Waals surface area contributed by atoms with E-state index in [0.717, 1.165) is 27.9 Å². The lowest BCUT2D eigenvalue weighted by atomic mass is 10.0. The highest BCUT2D eigenvalue weighted by molar-refractivity contribution is 9.10. The number of carbonyl (C=O) groups is 1. The number of halogens is 1. The van der Waals surface area contributed by atoms with Gasteiger partial charge in [0.1, 0.15) is 12.4 Å². The summed E-state index contributed by atoms with van der Waals surface area (Å²) in [6.07, 6.45) is 3.90. The molecule has 3 rings (SSSR count). The molecular formula is C22H26BrNO2. The molecule has 1 aliphatic carbocycles. The second-order valence-electron chi connectivity index (χ2n) is 6.90. The van der Waals surface area contributed by atoms with Crippen LogP contribution < -0.4 is 10.1 Å². The Morgan fingerprint density at radius 1 is 1.27 bits per heavy atom. The number of benzene rings is 2. The highest BCUT2D eigenvalue weighted by Crippen LogP contribution is 2.43. The molecule has 0 saturated heterocycles. The van der Waals surface area contributed by atoms with Crippen LogP contribution in [0.3, 0.4) is 0 Å². The minimum absolute atomic E-state index is 0.0310. The van der Waals surface area contributed by atoms with Crippen LogP contribution in [0.25, 0.3) is 0 Å². The Morgan fingerprint density at radius 3 is 2.69 bits per heavy atom. The fourth-order valence-corrected chi connectivity index (χ4v) is 3.74. The molecule has 0 heterocycles. The number of aryl methyl sites for hydroxylation is 2. The van der Waals surface area contributed by atoms with Crippen molar-refractivity contribution in [2.75, 3.05) is 5.32 Å². The molecule has 1 fully saturated rings. The molecule has 1 aliphatic rings. The molecule has 0 unspecified atom stereocenters. The van der Waals surface area contributed by atoms with E-state index < -0.39 is 0 Å². The summed E-state index contributed by atoms with van der Waals surface area (Å²) in [6, 6.07) is 10.4. The Labute approximate surface area is 164 Å². The van der Waals surface area contributed by atoms with E-state index in [1.807, 2.05) is 19.1 Å².